The Hall–Kier alpha value is -1.07. The third-order valence-electron chi connectivity index (χ3n) is 2.50. The van der Waals surface area contributed by atoms with Crippen molar-refractivity contribution in [3.05, 3.63) is 23.8 Å². The molecule has 0 unspecified atom stereocenters. The van der Waals surface area contributed by atoms with E-state index >= 15 is 0 Å². The summed E-state index contributed by atoms with van der Waals surface area (Å²) in [5.41, 5.74) is 6.67. The Labute approximate surface area is 89.0 Å². The van der Waals surface area contributed by atoms with Gasteiger partial charge in [0.15, 0.2) is 9.84 Å². The van der Waals surface area contributed by atoms with Crippen molar-refractivity contribution < 1.29 is 13.2 Å². The second-order valence-electron chi connectivity index (χ2n) is 3.72. The molecule has 0 bridgehead atoms. The van der Waals surface area contributed by atoms with Crippen LogP contribution in [0.3, 0.4) is 0 Å². The fourth-order valence-corrected chi connectivity index (χ4v) is 2.29. The van der Waals surface area contributed by atoms with Crippen LogP contribution in [0, 0.1) is 0 Å². The SMILES string of the molecule is CS(=O)(=O)c1ccc2c(c1)[C@H](N)CCO2. The Morgan fingerprint density at radius 3 is 2.87 bits per heavy atom. The van der Waals surface area contributed by atoms with E-state index in [4.69, 9.17) is 10.5 Å². The molecule has 1 aromatic carbocycles. The van der Waals surface area contributed by atoms with Crippen molar-refractivity contribution in [2.45, 2.75) is 17.4 Å². The zero-order valence-corrected chi connectivity index (χ0v) is 9.25. The maximum atomic E-state index is 11.3. The maximum absolute atomic E-state index is 11.3. The first-order chi connectivity index (χ1) is 6.98. The largest absolute Gasteiger partial charge is 0.493 e. The van der Waals surface area contributed by atoms with Gasteiger partial charge in [-0.3, -0.25) is 0 Å². The molecule has 2 N–H and O–H groups in total. The monoisotopic (exact) mass is 227 g/mol. The standard InChI is InChI=1S/C10H13NO3S/c1-15(12,13)7-2-3-10-8(6-7)9(11)4-5-14-10/h2-3,6,9H,4-5,11H2,1H3/t9-/m1/s1. The summed E-state index contributed by atoms with van der Waals surface area (Å²) in [6, 6.07) is 4.70. The molecule has 0 saturated heterocycles. The molecule has 4 nitrogen and oxygen atoms in total. The van der Waals surface area contributed by atoms with Crippen LogP contribution >= 0.6 is 0 Å². The topological polar surface area (TPSA) is 69.4 Å². The van der Waals surface area contributed by atoms with Gasteiger partial charge in [0, 0.05) is 24.3 Å². The maximum Gasteiger partial charge on any atom is 0.175 e. The molecule has 2 rings (SSSR count). The van der Waals surface area contributed by atoms with E-state index < -0.39 is 9.84 Å². The smallest absolute Gasteiger partial charge is 0.175 e. The predicted molar refractivity (Wildman–Crippen MR) is 56.6 cm³/mol. The molecule has 0 radical (unpaired) electrons. The van der Waals surface area contributed by atoms with E-state index in [9.17, 15) is 8.42 Å². The molecule has 1 aromatic rings. The van der Waals surface area contributed by atoms with Gasteiger partial charge in [-0.15, -0.1) is 0 Å². The Morgan fingerprint density at radius 2 is 2.20 bits per heavy atom. The van der Waals surface area contributed by atoms with E-state index in [1.807, 2.05) is 0 Å². The lowest BCUT2D eigenvalue weighted by Gasteiger charge is -2.23. The lowest BCUT2D eigenvalue weighted by molar-refractivity contribution is 0.268. The highest BCUT2D eigenvalue weighted by molar-refractivity contribution is 7.90. The minimum Gasteiger partial charge on any atom is -0.493 e. The number of benzene rings is 1. The highest BCUT2D eigenvalue weighted by Crippen LogP contribution is 2.32. The minimum absolute atomic E-state index is 0.129. The van der Waals surface area contributed by atoms with Crippen molar-refractivity contribution in [3.8, 4) is 5.75 Å². The normalized spacial score (nSPS) is 20.5. The van der Waals surface area contributed by atoms with Crippen molar-refractivity contribution in [2.24, 2.45) is 5.73 Å². The molecular weight excluding hydrogens is 214 g/mol. The molecule has 0 saturated carbocycles. The van der Waals surface area contributed by atoms with Gasteiger partial charge in [0.1, 0.15) is 5.75 Å². The van der Waals surface area contributed by atoms with E-state index in [1.54, 1.807) is 18.2 Å². The highest BCUT2D eigenvalue weighted by atomic mass is 32.2. The summed E-state index contributed by atoms with van der Waals surface area (Å²) in [6.07, 6.45) is 1.91. The van der Waals surface area contributed by atoms with Gasteiger partial charge in [-0.1, -0.05) is 0 Å². The molecule has 0 aliphatic carbocycles. The average molecular weight is 227 g/mol. The van der Waals surface area contributed by atoms with E-state index in [2.05, 4.69) is 0 Å². The Kier molecular flexibility index (Phi) is 2.44. The number of rotatable bonds is 1. The van der Waals surface area contributed by atoms with Crippen molar-refractivity contribution >= 4 is 9.84 Å². The molecule has 0 amide bonds. The van der Waals surface area contributed by atoms with Crippen LogP contribution < -0.4 is 10.5 Å². The molecule has 1 aliphatic rings. The van der Waals surface area contributed by atoms with E-state index in [-0.39, 0.29) is 6.04 Å². The molecule has 0 fully saturated rings. The quantitative estimate of drug-likeness (QED) is 0.773. The van der Waals surface area contributed by atoms with Crippen LogP contribution in [0.4, 0.5) is 0 Å². The van der Waals surface area contributed by atoms with E-state index in [0.29, 0.717) is 17.3 Å². The summed E-state index contributed by atoms with van der Waals surface area (Å²) in [4.78, 5) is 0.294. The van der Waals surface area contributed by atoms with Gasteiger partial charge in [0.2, 0.25) is 0 Å². The summed E-state index contributed by atoms with van der Waals surface area (Å²) in [6.45, 7) is 0.590. The summed E-state index contributed by atoms with van der Waals surface area (Å²) >= 11 is 0. The van der Waals surface area contributed by atoms with Gasteiger partial charge in [-0.25, -0.2) is 8.42 Å². The van der Waals surface area contributed by atoms with Gasteiger partial charge in [0.05, 0.1) is 11.5 Å². The first-order valence-electron chi connectivity index (χ1n) is 4.71. The first-order valence-corrected chi connectivity index (χ1v) is 6.60. The van der Waals surface area contributed by atoms with E-state index in [1.165, 1.54) is 6.26 Å². The van der Waals surface area contributed by atoms with Gasteiger partial charge >= 0.3 is 0 Å². The summed E-state index contributed by atoms with van der Waals surface area (Å²) < 4.78 is 28.1. The van der Waals surface area contributed by atoms with E-state index in [0.717, 1.165) is 12.0 Å². The van der Waals surface area contributed by atoms with Crippen LogP contribution in [0.5, 0.6) is 5.75 Å². The summed E-state index contributed by atoms with van der Waals surface area (Å²) in [7, 11) is -3.17. The number of ether oxygens (including phenoxy) is 1. The number of nitrogens with two attached hydrogens (primary N) is 1. The number of hydrogen-bond acceptors (Lipinski definition) is 4. The summed E-state index contributed by atoms with van der Waals surface area (Å²) in [5.74, 6) is 0.696. The Bertz CT molecular complexity index is 481. The van der Waals surface area contributed by atoms with Crippen LogP contribution in [0.2, 0.25) is 0 Å². The molecular formula is C10H13NO3S. The molecule has 0 aromatic heterocycles. The first kappa shape index (κ1) is 10.4. The number of hydrogen-bond donors (Lipinski definition) is 1. The second kappa shape index (κ2) is 3.50. The van der Waals surface area contributed by atoms with Gasteiger partial charge < -0.3 is 10.5 Å². The zero-order valence-electron chi connectivity index (χ0n) is 8.43. The van der Waals surface area contributed by atoms with Crippen LogP contribution in [0.1, 0.15) is 18.0 Å². The van der Waals surface area contributed by atoms with Crippen molar-refractivity contribution in [2.75, 3.05) is 12.9 Å². The zero-order chi connectivity index (χ0) is 11.1. The average Bonchev–Trinajstić information content (AvgIpc) is 2.16. The van der Waals surface area contributed by atoms with Crippen molar-refractivity contribution in [1.29, 1.82) is 0 Å². The van der Waals surface area contributed by atoms with Crippen LogP contribution in [-0.2, 0) is 9.84 Å². The molecule has 1 heterocycles. The van der Waals surface area contributed by atoms with Crippen LogP contribution in [0.25, 0.3) is 0 Å². The van der Waals surface area contributed by atoms with Crippen molar-refractivity contribution in [3.63, 3.8) is 0 Å². The molecule has 5 heteroatoms. The lowest BCUT2D eigenvalue weighted by Crippen LogP contribution is -2.20. The van der Waals surface area contributed by atoms with Crippen LogP contribution in [-0.4, -0.2) is 21.3 Å². The third-order valence-corrected chi connectivity index (χ3v) is 3.61. The lowest BCUT2D eigenvalue weighted by atomic mass is 10.0. The predicted octanol–water partition coefficient (Wildman–Crippen LogP) is 0.872. The Balaban J connectivity index is 2.53. The second-order valence-corrected chi connectivity index (χ2v) is 5.73. The molecule has 1 atom stereocenters. The van der Waals surface area contributed by atoms with Gasteiger partial charge in [-0.05, 0) is 18.2 Å². The fraction of sp³-hybridized carbons (Fsp3) is 0.400. The molecule has 15 heavy (non-hydrogen) atoms. The third kappa shape index (κ3) is 1.98. The van der Waals surface area contributed by atoms with Gasteiger partial charge in [-0.2, -0.15) is 0 Å². The molecule has 1 aliphatic heterocycles. The van der Waals surface area contributed by atoms with Gasteiger partial charge in [0.25, 0.3) is 0 Å². The molecule has 0 spiro atoms. The highest BCUT2D eigenvalue weighted by Gasteiger charge is 2.20. The van der Waals surface area contributed by atoms with Crippen LogP contribution in [0.15, 0.2) is 23.1 Å². The molecule has 82 valence electrons. The van der Waals surface area contributed by atoms with Crippen molar-refractivity contribution in [1.82, 2.24) is 0 Å². The Morgan fingerprint density at radius 1 is 1.47 bits per heavy atom. The summed E-state index contributed by atoms with van der Waals surface area (Å²) in [5, 5.41) is 0. The minimum atomic E-state index is -3.17. The fourth-order valence-electron chi connectivity index (χ4n) is 1.63. The number of fused-ring (bicyclic) bond motifs is 1. The number of sulfone groups is 1.